The van der Waals surface area contributed by atoms with Gasteiger partial charge in [-0.25, -0.2) is 0 Å². The molecule has 1 N–H and O–H groups in total. The quantitative estimate of drug-likeness (QED) is 0.644. The van der Waals surface area contributed by atoms with Crippen LogP contribution in [0.15, 0.2) is 11.6 Å². The third-order valence-corrected chi connectivity index (χ3v) is 10.8. The Hall–Kier alpha value is -0.420. The molecule has 4 aliphatic carbocycles. The van der Waals surface area contributed by atoms with E-state index in [9.17, 15) is 5.11 Å². The summed E-state index contributed by atoms with van der Waals surface area (Å²) >= 11 is 0. The minimum atomic E-state index is -0.684. The van der Waals surface area contributed by atoms with Gasteiger partial charge in [0.25, 0.3) is 0 Å². The van der Waals surface area contributed by atoms with Gasteiger partial charge in [0.2, 0.25) is 0 Å². The van der Waals surface area contributed by atoms with Crippen LogP contribution in [0.4, 0.5) is 0 Å². The molecule has 2 saturated heterocycles. The Morgan fingerprint density at radius 3 is 2.53 bits per heavy atom. The van der Waals surface area contributed by atoms with Crippen LogP contribution in [0.2, 0.25) is 0 Å². The van der Waals surface area contributed by atoms with Crippen molar-refractivity contribution in [3.8, 4) is 0 Å². The molecule has 168 valence electrons. The van der Waals surface area contributed by atoms with Crippen molar-refractivity contribution in [1.82, 2.24) is 0 Å². The van der Waals surface area contributed by atoms with Crippen LogP contribution >= 0.6 is 0 Å². The highest BCUT2D eigenvalue weighted by Gasteiger charge is 2.68. The molecular weight excluding hydrogens is 376 g/mol. The monoisotopic (exact) mass is 416 g/mol. The fourth-order valence-electron chi connectivity index (χ4n) is 9.24. The minimum Gasteiger partial charge on any atom is -0.386 e. The van der Waals surface area contributed by atoms with Gasteiger partial charge in [-0.15, -0.1) is 0 Å². The summed E-state index contributed by atoms with van der Waals surface area (Å²) in [5.74, 6) is 2.42. The van der Waals surface area contributed by atoms with E-state index in [0.29, 0.717) is 23.7 Å². The van der Waals surface area contributed by atoms with Crippen LogP contribution in [0, 0.1) is 29.1 Å². The average Bonchev–Trinajstić information content (AvgIpc) is 3.48. The molecule has 5 unspecified atom stereocenters. The van der Waals surface area contributed by atoms with E-state index >= 15 is 0 Å². The third-order valence-electron chi connectivity index (χ3n) is 10.8. The number of aliphatic hydroxyl groups is 1. The van der Waals surface area contributed by atoms with Crippen molar-refractivity contribution >= 4 is 0 Å². The number of ether oxygens (including phenoxy) is 3. The zero-order chi connectivity index (χ0) is 20.6. The number of hydrogen-bond acceptors (Lipinski definition) is 4. The maximum Gasteiger partial charge on any atom is 0.168 e. The van der Waals surface area contributed by atoms with Crippen LogP contribution < -0.4 is 0 Å². The predicted octanol–water partition coefficient (Wildman–Crippen LogP) is 4.99. The summed E-state index contributed by atoms with van der Waals surface area (Å²) in [7, 11) is 0. The maximum absolute atomic E-state index is 12.3. The second kappa shape index (κ2) is 6.79. The Kier molecular flexibility index (Phi) is 4.57. The number of allylic oxidation sites excluding steroid dienone is 2. The minimum absolute atomic E-state index is 0.0537. The van der Waals surface area contributed by atoms with Crippen LogP contribution in [0.1, 0.15) is 84.5 Å². The van der Waals surface area contributed by atoms with Gasteiger partial charge in [-0.05, 0) is 81.5 Å². The Morgan fingerprint density at radius 2 is 1.80 bits per heavy atom. The lowest BCUT2D eigenvalue weighted by atomic mass is 9.51. The molecule has 2 aliphatic heterocycles. The molecule has 5 fully saturated rings. The zero-order valence-electron chi connectivity index (χ0n) is 19.0. The summed E-state index contributed by atoms with van der Waals surface area (Å²) < 4.78 is 18.5. The molecule has 4 nitrogen and oxygen atoms in total. The molecule has 0 aromatic rings. The van der Waals surface area contributed by atoms with Crippen molar-refractivity contribution in [3.05, 3.63) is 11.6 Å². The van der Waals surface area contributed by atoms with E-state index in [1.165, 1.54) is 19.3 Å². The Balaban J connectivity index is 1.29. The highest BCUT2D eigenvalue weighted by Crippen LogP contribution is 2.67. The van der Waals surface area contributed by atoms with E-state index in [-0.39, 0.29) is 16.8 Å². The molecule has 4 heteroatoms. The van der Waals surface area contributed by atoms with Crippen molar-refractivity contribution in [2.24, 2.45) is 29.1 Å². The molecule has 6 rings (SSSR count). The summed E-state index contributed by atoms with van der Waals surface area (Å²) in [5.41, 5.74) is 0.676. The number of hydrogen-bond donors (Lipinski definition) is 1. The SMILES string of the molecule is CCC1([C@@]2(O)CCC3C4CCC5CC6(CCC5C4=CC[C@@]32C)OCCO6)CCCO1. The van der Waals surface area contributed by atoms with E-state index < -0.39 is 5.60 Å². The van der Waals surface area contributed by atoms with Gasteiger partial charge in [0, 0.05) is 24.9 Å². The van der Waals surface area contributed by atoms with E-state index in [1.54, 1.807) is 5.57 Å². The van der Waals surface area contributed by atoms with E-state index in [4.69, 9.17) is 14.2 Å². The van der Waals surface area contributed by atoms with Gasteiger partial charge in [-0.3, -0.25) is 0 Å². The predicted molar refractivity (Wildman–Crippen MR) is 115 cm³/mol. The first-order chi connectivity index (χ1) is 14.5. The number of rotatable bonds is 2. The van der Waals surface area contributed by atoms with E-state index in [2.05, 4.69) is 19.9 Å². The summed E-state index contributed by atoms with van der Waals surface area (Å²) in [6, 6.07) is 0. The molecule has 7 atom stereocenters. The Morgan fingerprint density at radius 1 is 0.967 bits per heavy atom. The summed E-state index contributed by atoms with van der Waals surface area (Å²) in [6.07, 6.45) is 14.6. The van der Waals surface area contributed by atoms with Crippen molar-refractivity contribution in [2.75, 3.05) is 19.8 Å². The van der Waals surface area contributed by atoms with E-state index in [1.807, 2.05) is 0 Å². The smallest absolute Gasteiger partial charge is 0.168 e. The molecule has 0 bridgehead atoms. The second-order valence-electron chi connectivity index (χ2n) is 11.5. The average molecular weight is 417 g/mol. The Labute approximate surface area is 181 Å². The van der Waals surface area contributed by atoms with Gasteiger partial charge in [-0.1, -0.05) is 25.5 Å². The summed E-state index contributed by atoms with van der Waals surface area (Å²) in [5, 5.41) is 12.3. The van der Waals surface area contributed by atoms with Gasteiger partial charge in [-0.2, -0.15) is 0 Å². The summed E-state index contributed by atoms with van der Waals surface area (Å²) in [6.45, 7) is 6.97. The molecule has 0 amide bonds. The van der Waals surface area contributed by atoms with Gasteiger partial charge >= 0.3 is 0 Å². The molecule has 0 aromatic heterocycles. The first-order valence-electron chi connectivity index (χ1n) is 12.8. The van der Waals surface area contributed by atoms with E-state index in [0.717, 1.165) is 71.2 Å². The second-order valence-corrected chi connectivity index (χ2v) is 11.5. The molecule has 0 radical (unpaired) electrons. The molecule has 0 aromatic carbocycles. The lowest BCUT2D eigenvalue weighted by Crippen LogP contribution is -2.62. The standard InChI is InChI=1S/C26H40O4/c1-3-24(10-4-14-28-24)26(27)13-9-22-21-6-5-18-17-25(29-15-16-30-25)12-8-19(18)20(21)7-11-23(22,26)2/h7,18-19,21-22,27H,3-6,8-17H2,1-2H3/t18?,19?,21?,22?,23-,24?,26+/m0/s1. The highest BCUT2D eigenvalue weighted by molar-refractivity contribution is 5.29. The van der Waals surface area contributed by atoms with Gasteiger partial charge in [0.05, 0.1) is 24.4 Å². The van der Waals surface area contributed by atoms with Crippen molar-refractivity contribution in [2.45, 2.75) is 101 Å². The van der Waals surface area contributed by atoms with Crippen LogP contribution in [-0.2, 0) is 14.2 Å². The molecule has 6 aliphatic rings. The van der Waals surface area contributed by atoms with Crippen LogP contribution in [0.3, 0.4) is 0 Å². The normalized spacial score (nSPS) is 52.0. The fourth-order valence-corrected chi connectivity index (χ4v) is 9.24. The van der Waals surface area contributed by atoms with Crippen LogP contribution in [0.5, 0.6) is 0 Å². The van der Waals surface area contributed by atoms with Crippen molar-refractivity contribution < 1.29 is 19.3 Å². The molecular formula is C26H40O4. The maximum atomic E-state index is 12.3. The number of fused-ring (bicyclic) bond motifs is 5. The van der Waals surface area contributed by atoms with Gasteiger partial charge < -0.3 is 19.3 Å². The lowest BCUT2D eigenvalue weighted by Gasteiger charge is -2.57. The largest absolute Gasteiger partial charge is 0.386 e. The Bertz CT molecular complexity index is 719. The van der Waals surface area contributed by atoms with Crippen molar-refractivity contribution in [1.29, 1.82) is 0 Å². The molecule has 2 heterocycles. The first-order valence-corrected chi connectivity index (χ1v) is 12.8. The van der Waals surface area contributed by atoms with Crippen LogP contribution in [-0.4, -0.2) is 41.9 Å². The van der Waals surface area contributed by atoms with Crippen molar-refractivity contribution in [3.63, 3.8) is 0 Å². The van der Waals surface area contributed by atoms with Gasteiger partial charge in [0.15, 0.2) is 5.79 Å². The van der Waals surface area contributed by atoms with Gasteiger partial charge in [0.1, 0.15) is 0 Å². The molecule has 1 spiro atoms. The fraction of sp³-hybridized carbons (Fsp3) is 0.923. The summed E-state index contributed by atoms with van der Waals surface area (Å²) in [4.78, 5) is 0. The molecule has 30 heavy (non-hydrogen) atoms. The third kappa shape index (κ3) is 2.48. The first kappa shape index (κ1) is 20.2. The lowest BCUT2D eigenvalue weighted by molar-refractivity contribution is -0.217. The molecule has 3 saturated carbocycles. The van der Waals surface area contributed by atoms with Crippen LogP contribution in [0.25, 0.3) is 0 Å². The zero-order valence-corrected chi connectivity index (χ0v) is 19.0. The topological polar surface area (TPSA) is 47.9 Å². The highest BCUT2D eigenvalue weighted by atomic mass is 16.7.